The van der Waals surface area contributed by atoms with Crippen LogP contribution in [-0.2, 0) is 19.1 Å². The molecule has 0 fully saturated rings. The Morgan fingerprint density at radius 1 is 1.35 bits per heavy atom. The van der Waals surface area contributed by atoms with Crippen molar-refractivity contribution >= 4 is 11.9 Å². The van der Waals surface area contributed by atoms with Gasteiger partial charge in [-0.15, -0.1) is 0 Å². The molecule has 0 saturated carbocycles. The summed E-state index contributed by atoms with van der Waals surface area (Å²) in [5, 5.41) is 0. The Morgan fingerprint density at radius 2 is 1.94 bits per heavy atom. The molecule has 0 rings (SSSR count). The fourth-order valence-electron chi connectivity index (χ4n) is 1.04. The van der Waals surface area contributed by atoms with Gasteiger partial charge >= 0.3 is 11.9 Å². The van der Waals surface area contributed by atoms with Crippen LogP contribution in [0.15, 0.2) is 24.8 Å². The molecule has 0 saturated heterocycles. The van der Waals surface area contributed by atoms with E-state index in [1.807, 2.05) is 0 Å². The van der Waals surface area contributed by atoms with Gasteiger partial charge in [0.15, 0.2) is 0 Å². The molecule has 0 aliphatic heterocycles. The number of hydrogen-bond acceptors (Lipinski definition) is 4. The zero-order valence-electron chi connectivity index (χ0n) is 10.9. The molecule has 96 valence electrons. The van der Waals surface area contributed by atoms with Crippen LogP contribution < -0.4 is 0 Å². The summed E-state index contributed by atoms with van der Waals surface area (Å²) in [6.07, 6.45) is 4.43. The third kappa shape index (κ3) is 9.35. The molecular weight excluding hydrogens is 220 g/mol. The molecule has 4 heteroatoms. The van der Waals surface area contributed by atoms with Gasteiger partial charge in [0, 0.05) is 19.4 Å². The molecular formula is C13H20O4. The standard InChI is InChI=1S/C13H20O4/c1-6-11(16-10(2)14)8-7-9-12(15)17-13(3,4)5/h6-7,9,11H,1,8H2,2-5H3/b9-7+/t11-/m1/s1. The lowest BCUT2D eigenvalue weighted by molar-refractivity contribution is -0.148. The van der Waals surface area contributed by atoms with Gasteiger partial charge in [-0.3, -0.25) is 4.79 Å². The van der Waals surface area contributed by atoms with Crippen LogP contribution in [-0.4, -0.2) is 23.6 Å². The predicted molar refractivity (Wildman–Crippen MR) is 65.4 cm³/mol. The molecule has 0 aromatic carbocycles. The molecule has 0 bridgehead atoms. The smallest absolute Gasteiger partial charge is 0.330 e. The van der Waals surface area contributed by atoms with E-state index in [2.05, 4.69) is 6.58 Å². The Labute approximate surface area is 102 Å². The highest BCUT2D eigenvalue weighted by Gasteiger charge is 2.14. The Bertz CT molecular complexity index is 310. The lowest BCUT2D eigenvalue weighted by atomic mass is 10.2. The van der Waals surface area contributed by atoms with Gasteiger partial charge in [0.25, 0.3) is 0 Å². The molecule has 0 aliphatic rings. The molecule has 17 heavy (non-hydrogen) atoms. The first kappa shape index (κ1) is 15.4. The van der Waals surface area contributed by atoms with Crippen LogP contribution in [0.1, 0.15) is 34.1 Å². The summed E-state index contributed by atoms with van der Waals surface area (Å²) in [7, 11) is 0. The minimum atomic E-state index is -0.505. The second-order valence-electron chi connectivity index (χ2n) is 4.56. The maximum Gasteiger partial charge on any atom is 0.330 e. The summed E-state index contributed by atoms with van der Waals surface area (Å²) in [4.78, 5) is 22.0. The zero-order valence-corrected chi connectivity index (χ0v) is 10.9. The molecule has 0 aromatic heterocycles. The average molecular weight is 240 g/mol. The molecule has 1 atom stereocenters. The predicted octanol–water partition coefficient (Wildman–Crippen LogP) is 2.39. The zero-order chi connectivity index (χ0) is 13.5. The first-order chi connectivity index (χ1) is 7.74. The maximum atomic E-state index is 11.3. The van der Waals surface area contributed by atoms with Crippen molar-refractivity contribution in [3.05, 3.63) is 24.8 Å². The van der Waals surface area contributed by atoms with Crippen LogP contribution in [0.4, 0.5) is 0 Å². The molecule has 0 N–H and O–H groups in total. The fourth-order valence-corrected chi connectivity index (χ4v) is 1.04. The van der Waals surface area contributed by atoms with Crippen molar-refractivity contribution in [3.63, 3.8) is 0 Å². The molecule has 0 aromatic rings. The third-order valence-electron chi connectivity index (χ3n) is 1.61. The van der Waals surface area contributed by atoms with Crippen LogP contribution in [0.3, 0.4) is 0 Å². The average Bonchev–Trinajstić information content (AvgIpc) is 2.12. The van der Waals surface area contributed by atoms with Gasteiger partial charge in [0.1, 0.15) is 11.7 Å². The van der Waals surface area contributed by atoms with Crippen molar-refractivity contribution in [2.24, 2.45) is 0 Å². The van der Waals surface area contributed by atoms with Gasteiger partial charge in [-0.05, 0) is 20.8 Å². The van der Waals surface area contributed by atoms with Gasteiger partial charge in [0.05, 0.1) is 0 Å². The molecule has 0 radical (unpaired) electrons. The van der Waals surface area contributed by atoms with Crippen molar-refractivity contribution in [1.29, 1.82) is 0 Å². The Balaban J connectivity index is 4.12. The molecule has 0 spiro atoms. The molecule has 4 nitrogen and oxygen atoms in total. The number of ether oxygens (including phenoxy) is 2. The topological polar surface area (TPSA) is 52.6 Å². The monoisotopic (exact) mass is 240 g/mol. The van der Waals surface area contributed by atoms with Crippen LogP contribution in [0, 0.1) is 0 Å². The van der Waals surface area contributed by atoms with E-state index in [-0.39, 0.29) is 5.97 Å². The van der Waals surface area contributed by atoms with E-state index in [0.29, 0.717) is 6.42 Å². The van der Waals surface area contributed by atoms with Crippen molar-refractivity contribution in [2.75, 3.05) is 0 Å². The van der Waals surface area contributed by atoms with E-state index < -0.39 is 17.7 Å². The number of hydrogen-bond donors (Lipinski definition) is 0. The van der Waals surface area contributed by atoms with Crippen LogP contribution >= 0.6 is 0 Å². The number of rotatable bonds is 5. The van der Waals surface area contributed by atoms with Crippen molar-refractivity contribution in [3.8, 4) is 0 Å². The van der Waals surface area contributed by atoms with Gasteiger partial charge < -0.3 is 9.47 Å². The first-order valence-electron chi connectivity index (χ1n) is 5.44. The van der Waals surface area contributed by atoms with Crippen LogP contribution in [0.5, 0.6) is 0 Å². The minimum absolute atomic E-state index is 0.374. The quantitative estimate of drug-likeness (QED) is 0.420. The first-order valence-corrected chi connectivity index (χ1v) is 5.44. The number of esters is 2. The van der Waals surface area contributed by atoms with Crippen molar-refractivity contribution in [1.82, 2.24) is 0 Å². The summed E-state index contributed by atoms with van der Waals surface area (Å²) in [5.41, 5.74) is -0.505. The lowest BCUT2D eigenvalue weighted by Gasteiger charge is -2.18. The SMILES string of the molecule is C=C[C@H](C/C=C/C(=O)OC(C)(C)C)OC(C)=O. The lowest BCUT2D eigenvalue weighted by Crippen LogP contribution is -2.22. The van der Waals surface area contributed by atoms with Gasteiger partial charge in [0.2, 0.25) is 0 Å². The van der Waals surface area contributed by atoms with Crippen LogP contribution in [0.2, 0.25) is 0 Å². The van der Waals surface area contributed by atoms with Crippen molar-refractivity contribution in [2.45, 2.75) is 45.8 Å². The minimum Gasteiger partial charge on any atom is -0.458 e. The van der Waals surface area contributed by atoms with Gasteiger partial charge in [-0.25, -0.2) is 4.79 Å². The summed E-state index contributed by atoms with van der Waals surface area (Å²) in [6.45, 7) is 10.3. The number of carbonyl (C=O) groups excluding carboxylic acids is 2. The Hall–Kier alpha value is -1.58. The second kappa shape index (κ2) is 6.89. The summed E-state index contributed by atoms with van der Waals surface area (Å²) >= 11 is 0. The summed E-state index contributed by atoms with van der Waals surface area (Å²) in [6, 6.07) is 0. The maximum absolute atomic E-state index is 11.3. The largest absolute Gasteiger partial charge is 0.458 e. The molecule has 0 amide bonds. The third-order valence-corrected chi connectivity index (χ3v) is 1.61. The molecule has 0 aliphatic carbocycles. The van der Waals surface area contributed by atoms with Crippen molar-refractivity contribution < 1.29 is 19.1 Å². The van der Waals surface area contributed by atoms with E-state index in [4.69, 9.17) is 9.47 Å². The van der Waals surface area contributed by atoms with Crippen LogP contribution in [0.25, 0.3) is 0 Å². The van der Waals surface area contributed by atoms with E-state index in [1.54, 1.807) is 26.8 Å². The Kier molecular flexibility index (Phi) is 6.25. The summed E-state index contributed by atoms with van der Waals surface area (Å²) < 4.78 is 10.00. The van der Waals surface area contributed by atoms with Gasteiger partial charge in [-0.1, -0.05) is 18.7 Å². The van der Waals surface area contributed by atoms with E-state index in [1.165, 1.54) is 19.1 Å². The normalized spacial score (nSPS) is 13.2. The number of carbonyl (C=O) groups is 2. The molecule has 0 unspecified atom stereocenters. The van der Waals surface area contributed by atoms with E-state index in [0.717, 1.165) is 0 Å². The van der Waals surface area contributed by atoms with E-state index in [9.17, 15) is 9.59 Å². The fraction of sp³-hybridized carbons (Fsp3) is 0.538. The molecule has 0 heterocycles. The second-order valence-corrected chi connectivity index (χ2v) is 4.56. The summed E-state index contributed by atoms with van der Waals surface area (Å²) in [5.74, 6) is -0.788. The highest BCUT2D eigenvalue weighted by Crippen LogP contribution is 2.08. The van der Waals surface area contributed by atoms with E-state index >= 15 is 0 Å². The highest BCUT2D eigenvalue weighted by molar-refractivity contribution is 5.82. The van der Waals surface area contributed by atoms with Gasteiger partial charge in [-0.2, -0.15) is 0 Å². The highest BCUT2D eigenvalue weighted by atomic mass is 16.6. The Morgan fingerprint density at radius 3 is 2.35 bits per heavy atom.